The molecular formula is C20H26N4O2. The maximum atomic E-state index is 12.2. The maximum absolute atomic E-state index is 12.2. The zero-order valence-electron chi connectivity index (χ0n) is 15.0. The Labute approximate surface area is 153 Å². The first kappa shape index (κ1) is 18.2. The molecule has 3 amide bonds. The molecule has 1 saturated carbocycles. The van der Waals surface area contributed by atoms with Crippen LogP contribution in [-0.4, -0.2) is 29.5 Å². The standard InChI is InChI=1S/C20H26N4O2/c25-18(24-17-11-4-7-15-8-5-13-21-19(15)17)12-6-14-22-20(26)23-16-9-2-1-3-10-16/h4-5,7-8,11,13,16H,1-3,6,9-10,12,14H2,(H,24,25)(H2,22,23,26). The van der Waals surface area contributed by atoms with E-state index in [2.05, 4.69) is 20.9 Å². The van der Waals surface area contributed by atoms with Gasteiger partial charge in [-0.3, -0.25) is 9.78 Å². The van der Waals surface area contributed by atoms with Crippen LogP contribution in [0.15, 0.2) is 36.5 Å². The van der Waals surface area contributed by atoms with Gasteiger partial charge in [0.2, 0.25) is 5.91 Å². The second kappa shape index (κ2) is 9.17. The molecule has 3 N–H and O–H groups in total. The van der Waals surface area contributed by atoms with Crippen molar-refractivity contribution in [1.82, 2.24) is 15.6 Å². The van der Waals surface area contributed by atoms with Crippen LogP contribution in [0.3, 0.4) is 0 Å². The Hall–Kier alpha value is -2.63. The van der Waals surface area contributed by atoms with Crippen LogP contribution in [0, 0.1) is 0 Å². The number of nitrogens with zero attached hydrogens (tertiary/aromatic N) is 1. The molecule has 0 aliphatic heterocycles. The van der Waals surface area contributed by atoms with Crippen molar-refractivity contribution in [2.24, 2.45) is 0 Å². The molecule has 26 heavy (non-hydrogen) atoms. The second-order valence-corrected chi connectivity index (χ2v) is 6.77. The molecule has 1 aromatic carbocycles. The van der Waals surface area contributed by atoms with Gasteiger partial charge in [0, 0.05) is 30.6 Å². The first-order valence-corrected chi connectivity index (χ1v) is 9.40. The highest BCUT2D eigenvalue weighted by Gasteiger charge is 2.15. The summed E-state index contributed by atoms with van der Waals surface area (Å²) in [5.74, 6) is -0.0716. The number of nitrogens with one attached hydrogen (secondary N) is 3. The summed E-state index contributed by atoms with van der Waals surface area (Å²) >= 11 is 0. The minimum atomic E-state index is -0.129. The molecule has 0 bridgehead atoms. The Morgan fingerprint density at radius 3 is 2.73 bits per heavy atom. The minimum Gasteiger partial charge on any atom is -0.338 e. The van der Waals surface area contributed by atoms with Gasteiger partial charge in [-0.25, -0.2) is 4.79 Å². The summed E-state index contributed by atoms with van der Waals surface area (Å²) in [4.78, 5) is 28.3. The highest BCUT2D eigenvalue weighted by atomic mass is 16.2. The fourth-order valence-corrected chi connectivity index (χ4v) is 3.35. The first-order valence-electron chi connectivity index (χ1n) is 9.40. The third-order valence-corrected chi connectivity index (χ3v) is 4.71. The zero-order chi connectivity index (χ0) is 18.2. The Morgan fingerprint density at radius 1 is 1.08 bits per heavy atom. The van der Waals surface area contributed by atoms with Crippen molar-refractivity contribution in [3.63, 3.8) is 0 Å². The molecule has 1 heterocycles. The van der Waals surface area contributed by atoms with Gasteiger partial charge in [-0.1, -0.05) is 37.5 Å². The average Bonchev–Trinajstić information content (AvgIpc) is 2.66. The monoisotopic (exact) mass is 354 g/mol. The molecule has 0 spiro atoms. The quantitative estimate of drug-likeness (QED) is 0.693. The predicted octanol–water partition coefficient (Wildman–Crippen LogP) is 3.59. The van der Waals surface area contributed by atoms with Gasteiger partial charge in [-0.2, -0.15) is 0 Å². The van der Waals surface area contributed by atoms with Gasteiger partial charge in [0.15, 0.2) is 0 Å². The third-order valence-electron chi connectivity index (χ3n) is 4.71. The number of pyridine rings is 1. The van der Waals surface area contributed by atoms with E-state index in [4.69, 9.17) is 0 Å². The Morgan fingerprint density at radius 2 is 1.88 bits per heavy atom. The first-order chi connectivity index (χ1) is 12.7. The average molecular weight is 354 g/mol. The molecule has 1 aliphatic carbocycles. The number of fused-ring (bicyclic) bond motifs is 1. The van der Waals surface area contributed by atoms with E-state index in [0.29, 0.717) is 25.4 Å². The SMILES string of the molecule is O=C(CCCNC(=O)NC1CCCCC1)Nc1cccc2cccnc12. The van der Waals surface area contributed by atoms with Crippen molar-refractivity contribution >= 4 is 28.5 Å². The molecule has 1 aliphatic rings. The van der Waals surface area contributed by atoms with Gasteiger partial charge in [0.1, 0.15) is 0 Å². The van der Waals surface area contributed by atoms with Crippen molar-refractivity contribution in [3.8, 4) is 0 Å². The molecule has 2 aromatic rings. The molecule has 3 rings (SSSR count). The number of carbonyl (C=O) groups is 2. The van der Waals surface area contributed by atoms with Crippen molar-refractivity contribution in [2.45, 2.75) is 51.0 Å². The van der Waals surface area contributed by atoms with Crippen LogP contribution < -0.4 is 16.0 Å². The van der Waals surface area contributed by atoms with E-state index in [1.165, 1.54) is 19.3 Å². The van der Waals surface area contributed by atoms with Crippen LogP contribution >= 0.6 is 0 Å². The lowest BCUT2D eigenvalue weighted by atomic mass is 9.96. The number of anilines is 1. The summed E-state index contributed by atoms with van der Waals surface area (Å²) in [5, 5.41) is 9.75. The number of carbonyl (C=O) groups excluding carboxylic acids is 2. The van der Waals surface area contributed by atoms with Gasteiger partial charge in [-0.15, -0.1) is 0 Å². The van der Waals surface area contributed by atoms with E-state index in [1.54, 1.807) is 6.20 Å². The summed E-state index contributed by atoms with van der Waals surface area (Å²) < 4.78 is 0. The Kier molecular flexibility index (Phi) is 6.41. The lowest BCUT2D eigenvalue weighted by Gasteiger charge is -2.22. The molecule has 6 nitrogen and oxygen atoms in total. The normalized spacial score (nSPS) is 14.8. The fraction of sp³-hybridized carbons (Fsp3) is 0.450. The highest BCUT2D eigenvalue weighted by molar-refractivity contribution is 6.00. The number of rotatable bonds is 6. The van der Waals surface area contributed by atoms with Crippen LogP contribution in [0.4, 0.5) is 10.5 Å². The molecule has 0 saturated heterocycles. The number of aromatic nitrogens is 1. The number of para-hydroxylation sites is 1. The number of hydrogen-bond donors (Lipinski definition) is 3. The van der Waals surface area contributed by atoms with E-state index in [0.717, 1.165) is 29.4 Å². The molecule has 0 unspecified atom stereocenters. The number of benzene rings is 1. The summed E-state index contributed by atoms with van der Waals surface area (Å²) in [6, 6.07) is 9.72. The molecule has 1 fully saturated rings. The lowest BCUT2D eigenvalue weighted by molar-refractivity contribution is -0.116. The second-order valence-electron chi connectivity index (χ2n) is 6.77. The summed E-state index contributed by atoms with van der Waals surface area (Å²) in [5.41, 5.74) is 1.50. The molecule has 0 radical (unpaired) electrons. The number of urea groups is 1. The van der Waals surface area contributed by atoms with E-state index >= 15 is 0 Å². The van der Waals surface area contributed by atoms with Crippen molar-refractivity contribution < 1.29 is 9.59 Å². The fourth-order valence-electron chi connectivity index (χ4n) is 3.35. The van der Waals surface area contributed by atoms with Gasteiger partial charge in [-0.05, 0) is 31.4 Å². The summed E-state index contributed by atoms with van der Waals surface area (Å²) in [7, 11) is 0. The van der Waals surface area contributed by atoms with Crippen LogP contribution in [0.1, 0.15) is 44.9 Å². The largest absolute Gasteiger partial charge is 0.338 e. The molecular weight excluding hydrogens is 328 g/mol. The maximum Gasteiger partial charge on any atom is 0.315 e. The van der Waals surface area contributed by atoms with E-state index in [9.17, 15) is 9.59 Å². The van der Waals surface area contributed by atoms with E-state index in [1.807, 2.05) is 30.3 Å². The molecule has 6 heteroatoms. The smallest absolute Gasteiger partial charge is 0.315 e. The van der Waals surface area contributed by atoms with Crippen LogP contribution in [0.5, 0.6) is 0 Å². The zero-order valence-corrected chi connectivity index (χ0v) is 15.0. The highest BCUT2D eigenvalue weighted by Crippen LogP contribution is 2.20. The summed E-state index contributed by atoms with van der Waals surface area (Å²) in [6.45, 7) is 0.486. The Balaban J connectivity index is 1.38. The minimum absolute atomic E-state index is 0.0716. The lowest BCUT2D eigenvalue weighted by Crippen LogP contribution is -2.43. The van der Waals surface area contributed by atoms with Gasteiger partial charge in [0.05, 0.1) is 11.2 Å². The molecule has 138 valence electrons. The Bertz CT molecular complexity index is 751. The molecule has 0 atom stereocenters. The van der Waals surface area contributed by atoms with Crippen LogP contribution in [0.25, 0.3) is 10.9 Å². The van der Waals surface area contributed by atoms with Crippen LogP contribution in [0.2, 0.25) is 0 Å². The van der Waals surface area contributed by atoms with Crippen molar-refractivity contribution in [1.29, 1.82) is 0 Å². The van der Waals surface area contributed by atoms with Gasteiger partial charge in [0.25, 0.3) is 0 Å². The third kappa shape index (κ3) is 5.18. The number of hydrogen-bond acceptors (Lipinski definition) is 3. The van der Waals surface area contributed by atoms with Crippen LogP contribution in [-0.2, 0) is 4.79 Å². The van der Waals surface area contributed by atoms with E-state index < -0.39 is 0 Å². The molecule has 1 aromatic heterocycles. The predicted molar refractivity (Wildman–Crippen MR) is 103 cm³/mol. The summed E-state index contributed by atoms with van der Waals surface area (Å²) in [6.07, 6.45) is 8.44. The topological polar surface area (TPSA) is 83.1 Å². The number of amides is 3. The van der Waals surface area contributed by atoms with Gasteiger partial charge < -0.3 is 16.0 Å². The van der Waals surface area contributed by atoms with E-state index in [-0.39, 0.29) is 11.9 Å². The van der Waals surface area contributed by atoms with Gasteiger partial charge >= 0.3 is 6.03 Å². The van der Waals surface area contributed by atoms with Crippen molar-refractivity contribution in [2.75, 3.05) is 11.9 Å². The van der Waals surface area contributed by atoms with Crippen molar-refractivity contribution in [3.05, 3.63) is 36.5 Å².